The van der Waals surface area contributed by atoms with E-state index in [-0.39, 0.29) is 23.3 Å². The van der Waals surface area contributed by atoms with Gasteiger partial charge in [0.2, 0.25) is 0 Å². The number of hydrogen-bond donors (Lipinski definition) is 2. The molecule has 0 aliphatic heterocycles. The number of nitrogens with one attached hydrogen (secondary N) is 2. The van der Waals surface area contributed by atoms with E-state index in [9.17, 15) is 9.59 Å². The lowest BCUT2D eigenvalue weighted by Crippen LogP contribution is -2.30. The summed E-state index contributed by atoms with van der Waals surface area (Å²) in [5.74, 6) is 1.64. The Kier molecular flexibility index (Phi) is 5.56. The molecule has 0 bridgehead atoms. The minimum absolute atomic E-state index is 0.0430. The lowest BCUT2D eigenvalue weighted by Gasteiger charge is -2.36. The topological polar surface area (TPSA) is 71.3 Å². The number of hydrogen-bond acceptors (Lipinski definition) is 4. The monoisotopic (exact) mass is 428 g/mol. The summed E-state index contributed by atoms with van der Waals surface area (Å²) >= 11 is 1.58. The molecule has 6 heteroatoms. The van der Waals surface area contributed by atoms with Crippen molar-refractivity contribution in [3.05, 3.63) is 39.2 Å². The third-order valence-electron chi connectivity index (χ3n) is 6.93. The van der Waals surface area contributed by atoms with Crippen molar-refractivity contribution in [2.24, 2.45) is 11.3 Å². The van der Waals surface area contributed by atoms with E-state index in [1.54, 1.807) is 24.3 Å². The number of furan rings is 1. The number of rotatable bonds is 6. The molecule has 2 aromatic heterocycles. The first-order chi connectivity index (χ1) is 14.2. The molecule has 2 N–H and O–H groups in total. The second-order valence-corrected chi connectivity index (χ2v) is 10.6. The minimum Gasteiger partial charge on any atom is -0.466 e. The molecule has 1 atom stereocenters. The van der Waals surface area contributed by atoms with E-state index < -0.39 is 0 Å². The lowest BCUT2D eigenvalue weighted by atomic mass is 9.69. The molecule has 1 fully saturated rings. The fourth-order valence-electron chi connectivity index (χ4n) is 4.38. The van der Waals surface area contributed by atoms with Gasteiger partial charge in [0.1, 0.15) is 16.5 Å². The van der Waals surface area contributed by atoms with Crippen LogP contribution in [0.5, 0.6) is 0 Å². The standard InChI is InChI=1S/C24H32N2O3S/c1-6-24(4,5)15-7-10-17-19(12-15)30-23(20(17)22(28)25-16-8-9-16)26-21(27)18-11-13(2)29-14(18)3/h11,15-16H,6-10,12H2,1-5H3,(H,25,28)(H,26,27)/t15-/m0/s1. The van der Waals surface area contributed by atoms with E-state index >= 15 is 0 Å². The largest absolute Gasteiger partial charge is 0.466 e. The summed E-state index contributed by atoms with van der Waals surface area (Å²) in [4.78, 5) is 27.3. The van der Waals surface area contributed by atoms with Crippen LogP contribution < -0.4 is 10.6 Å². The molecule has 30 heavy (non-hydrogen) atoms. The summed E-state index contributed by atoms with van der Waals surface area (Å²) in [5.41, 5.74) is 2.61. The lowest BCUT2D eigenvalue weighted by molar-refractivity contribution is 0.0950. The van der Waals surface area contributed by atoms with Crippen LogP contribution in [0.2, 0.25) is 0 Å². The first-order valence-corrected chi connectivity index (χ1v) is 11.8. The fraction of sp³-hybridized carbons (Fsp3) is 0.583. The predicted molar refractivity (Wildman–Crippen MR) is 121 cm³/mol. The van der Waals surface area contributed by atoms with E-state index in [0.717, 1.165) is 44.1 Å². The Morgan fingerprint density at radius 3 is 2.53 bits per heavy atom. The number of fused-ring (bicyclic) bond motifs is 1. The van der Waals surface area contributed by atoms with Crippen molar-refractivity contribution in [2.45, 2.75) is 79.2 Å². The molecule has 2 aliphatic carbocycles. The highest BCUT2D eigenvalue weighted by atomic mass is 32.1. The van der Waals surface area contributed by atoms with Gasteiger partial charge in [0, 0.05) is 10.9 Å². The Labute approximate surface area is 182 Å². The van der Waals surface area contributed by atoms with Crippen molar-refractivity contribution in [3.63, 3.8) is 0 Å². The van der Waals surface area contributed by atoms with Crippen molar-refractivity contribution in [3.8, 4) is 0 Å². The molecule has 2 aromatic rings. The molecule has 0 aromatic carbocycles. The Bertz CT molecular complexity index is 981. The zero-order valence-corrected chi connectivity index (χ0v) is 19.4. The quantitative estimate of drug-likeness (QED) is 0.625. The molecule has 2 heterocycles. The van der Waals surface area contributed by atoms with Gasteiger partial charge in [0.25, 0.3) is 11.8 Å². The summed E-state index contributed by atoms with van der Waals surface area (Å²) in [6.45, 7) is 10.5. The number of aryl methyl sites for hydroxylation is 2. The van der Waals surface area contributed by atoms with Crippen molar-refractivity contribution >= 4 is 28.2 Å². The van der Waals surface area contributed by atoms with E-state index in [4.69, 9.17) is 4.42 Å². The molecule has 4 rings (SSSR count). The number of amides is 2. The van der Waals surface area contributed by atoms with Crippen LogP contribution in [0.25, 0.3) is 0 Å². The smallest absolute Gasteiger partial charge is 0.259 e. The summed E-state index contributed by atoms with van der Waals surface area (Å²) < 4.78 is 5.52. The maximum Gasteiger partial charge on any atom is 0.259 e. The average molecular weight is 429 g/mol. The van der Waals surface area contributed by atoms with Crippen LogP contribution in [0.3, 0.4) is 0 Å². The van der Waals surface area contributed by atoms with Gasteiger partial charge < -0.3 is 15.1 Å². The SMILES string of the molecule is CCC(C)(C)[C@H]1CCc2c(sc(NC(=O)c3cc(C)oc3C)c2C(=O)NC2CC2)C1. The molecular formula is C24H32N2O3S. The Hall–Kier alpha value is -2.08. The van der Waals surface area contributed by atoms with Crippen molar-refractivity contribution in [1.82, 2.24) is 5.32 Å². The molecule has 5 nitrogen and oxygen atoms in total. The number of carbonyl (C=O) groups is 2. The van der Waals surface area contributed by atoms with Crippen LogP contribution in [0.15, 0.2) is 10.5 Å². The molecule has 1 saturated carbocycles. The first-order valence-electron chi connectivity index (χ1n) is 11.0. The average Bonchev–Trinajstić information content (AvgIpc) is 3.33. The summed E-state index contributed by atoms with van der Waals surface area (Å²) in [6, 6.07) is 2.03. The first kappa shape index (κ1) is 21.2. The Morgan fingerprint density at radius 2 is 1.93 bits per heavy atom. The molecule has 0 radical (unpaired) electrons. The Morgan fingerprint density at radius 1 is 1.20 bits per heavy atom. The van der Waals surface area contributed by atoms with E-state index in [2.05, 4.69) is 31.4 Å². The van der Waals surface area contributed by atoms with Crippen LogP contribution >= 0.6 is 11.3 Å². The molecule has 162 valence electrons. The molecular weight excluding hydrogens is 396 g/mol. The highest BCUT2D eigenvalue weighted by molar-refractivity contribution is 7.17. The highest BCUT2D eigenvalue weighted by Gasteiger charge is 2.36. The predicted octanol–water partition coefficient (Wildman–Crippen LogP) is 5.64. The molecule has 2 aliphatic rings. The normalized spacial score (nSPS) is 18.8. The van der Waals surface area contributed by atoms with Crippen LogP contribution in [0, 0.1) is 25.2 Å². The fourth-order valence-corrected chi connectivity index (χ4v) is 5.70. The molecule has 2 amide bonds. The molecule has 0 spiro atoms. The second kappa shape index (κ2) is 7.88. The summed E-state index contributed by atoms with van der Waals surface area (Å²) in [5, 5.41) is 6.84. The van der Waals surface area contributed by atoms with Crippen molar-refractivity contribution < 1.29 is 14.0 Å². The third kappa shape index (κ3) is 4.07. The van der Waals surface area contributed by atoms with Gasteiger partial charge in [-0.05, 0) is 68.9 Å². The highest BCUT2D eigenvalue weighted by Crippen LogP contribution is 2.45. The van der Waals surface area contributed by atoms with Gasteiger partial charge in [-0.2, -0.15) is 0 Å². The number of carbonyl (C=O) groups excluding carboxylic acids is 2. The van der Waals surface area contributed by atoms with Gasteiger partial charge in [-0.3, -0.25) is 9.59 Å². The molecule has 0 saturated heterocycles. The van der Waals surface area contributed by atoms with Crippen LogP contribution in [-0.2, 0) is 12.8 Å². The van der Waals surface area contributed by atoms with Gasteiger partial charge in [0.05, 0.1) is 11.1 Å². The van der Waals surface area contributed by atoms with E-state index in [1.807, 2.05) is 6.92 Å². The van der Waals surface area contributed by atoms with E-state index in [1.165, 1.54) is 4.88 Å². The maximum absolute atomic E-state index is 13.1. The Balaban J connectivity index is 1.66. The maximum atomic E-state index is 13.1. The third-order valence-corrected chi connectivity index (χ3v) is 8.10. The minimum atomic E-state index is -0.214. The summed E-state index contributed by atoms with van der Waals surface area (Å²) in [6.07, 6.45) is 6.18. The van der Waals surface area contributed by atoms with Crippen molar-refractivity contribution in [1.29, 1.82) is 0 Å². The number of anilines is 1. The zero-order chi connectivity index (χ0) is 21.6. The molecule has 0 unspecified atom stereocenters. The van der Waals surface area contributed by atoms with Gasteiger partial charge in [-0.1, -0.05) is 27.2 Å². The van der Waals surface area contributed by atoms with Gasteiger partial charge in [0.15, 0.2) is 0 Å². The zero-order valence-electron chi connectivity index (χ0n) is 18.6. The second-order valence-electron chi connectivity index (χ2n) is 9.52. The van der Waals surface area contributed by atoms with Gasteiger partial charge in [-0.25, -0.2) is 0 Å². The van der Waals surface area contributed by atoms with E-state index in [0.29, 0.717) is 33.6 Å². The van der Waals surface area contributed by atoms with Crippen LogP contribution in [0.1, 0.15) is 89.1 Å². The number of thiophene rings is 1. The summed E-state index contributed by atoms with van der Waals surface area (Å²) in [7, 11) is 0. The van der Waals surface area contributed by atoms with Crippen LogP contribution in [-0.4, -0.2) is 17.9 Å². The van der Waals surface area contributed by atoms with Crippen molar-refractivity contribution in [2.75, 3.05) is 5.32 Å². The van der Waals surface area contributed by atoms with Gasteiger partial charge >= 0.3 is 0 Å². The van der Waals surface area contributed by atoms with Gasteiger partial charge in [-0.15, -0.1) is 11.3 Å². The van der Waals surface area contributed by atoms with Crippen LogP contribution in [0.4, 0.5) is 5.00 Å².